The van der Waals surface area contributed by atoms with Gasteiger partial charge in [0.05, 0.1) is 17.2 Å². The summed E-state index contributed by atoms with van der Waals surface area (Å²) in [6.07, 6.45) is 1.86. The van der Waals surface area contributed by atoms with Gasteiger partial charge in [-0.3, -0.25) is 9.59 Å². The number of hydrogen-bond acceptors (Lipinski definition) is 4. The number of amides is 1. The summed E-state index contributed by atoms with van der Waals surface area (Å²) in [6, 6.07) is 11.6. The van der Waals surface area contributed by atoms with E-state index < -0.39 is 24.0 Å². The zero-order chi connectivity index (χ0) is 22.5. The Hall–Kier alpha value is -2.87. The number of aliphatic carboxylic acids is 1. The number of aliphatic hydroxyl groups is 1. The molecule has 0 saturated carbocycles. The molecule has 0 aliphatic carbocycles. The van der Waals surface area contributed by atoms with Crippen LogP contribution in [0.5, 0.6) is 0 Å². The molecule has 8 heteroatoms. The van der Waals surface area contributed by atoms with Gasteiger partial charge in [0.2, 0.25) is 0 Å². The van der Waals surface area contributed by atoms with Gasteiger partial charge in [-0.1, -0.05) is 35.9 Å². The second-order valence-corrected chi connectivity index (χ2v) is 8.10. The van der Waals surface area contributed by atoms with Crippen molar-refractivity contribution >= 4 is 34.4 Å². The van der Waals surface area contributed by atoms with Crippen LogP contribution >= 0.6 is 11.6 Å². The van der Waals surface area contributed by atoms with Gasteiger partial charge >= 0.3 is 5.97 Å². The summed E-state index contributed by atoms with van der Waals surface area (Å²) in [7, 11) is 0. The SMILES string of the molecule is C[C@H](Cc1c[nH]c2c(C(=O)N[C@@H](C)C(=O)O)cccc12)NC[C@H](O)c1cccc(Cl)c1. The van der Waals surface area contributed by atoms with Crippen LogP contribution in [-0.4, -0.2) is 45.7 Å². The lowest BCUT2D eigenvalue weighted by molar-refractivity contribution is -0.138. The molecule has 7 nitrogen and oxygen atoms in total. The van der Waals surface area contributed by atoms with Crippen LogP contribution < -0.4 is 10.6 Å². The molecule has 0 fully saturated rings. The molecule has 0 bridgehead atoms. The van der Waals surface area contributed by atoms with Crippen LogP contribution in [0.3, 0.4) is 0 Å². The average molecular weight is 444 g/mol. The Morgan fingerprint density at radius 2 is 1.90 bits per heavy atom. The highest BCUT2D eigenvalue weighted by molar-refractivity contribution is 6.30. The first-order chi connectivity index (χ1) is 14.8. The van der Waals surface area contributed by atoms with Gasteiger partial charge in [-0.2, -0.15) is 0 Å². The van der Waals surface area contributed by atoms with E-state index in [4.69, 9.17) is 16.7 Å². The molecule has 5 N–H and O–H groups in total. The molecule has 1 amide bonds. The molecule has 31 heavy (non-hydrogen) atoms. The lowest BCUT2D eigenvalue weighted by Crippen LogP contribution is -2.38. The van der Waals surface area contributed by atoms with Gasteiger partial charge in [0.1, 0.15) is 6.04 Å². The van der Waals surface area contributed by atoms with Gasteiger partial charge in [0.25, 0.3) is 5.91 Å². The van der Waals surface area contributed by atoms with Crippen molar-refractivity contribution in [3.8, 4) is 0 Å². The molecule has 0 aliphatic rings. The summed E-state index contributed by atoms with van der Waals surface area (Å²) in [5.41, 5.74) is 2.84. The number of para-hydroxylation sites is 1. The van der Waals surface area contributed by atoms with Gasteiger partial charge in [0.15, 0.2) is 0 Å². The first kappa shape index (κ1) is 22.8. The van der Waals surface area contributed by atoms with Gasteiger partial charge in [-0.15, -0.1) is 0 Å². The molecule has 3 atom stereocenters. The number of hydrogen-bond donors (Lipinski definition) is 5. The van der Waals surface area contributed by atoms with Gasteiger partial charge in [0, 0.05) is 29.2 Å². The number of aliphatic hydroxyl groups excluding tert-OH is 1. The number of benzene rings is 2. The van der Waals surface area contributed by atoms with Crippen LogP contribution in [-0.2, 0) is 11.2 Å². The number of carbonyl (C=O) groups excluding carboxylic acids is 1. The molecule has 0 saturated heterocycles. The minimum atomic E-state index is -1.09. The molecule has 0 aliphatic heterocycles. The van der Waals surface area contributed by atoms with E-state index in [0.29, 0.717) is 29.1 Å². The first-order valence-corrected chi connectivity index (χ1v) is 10.4. The number of fused-ring (bicyclic) bond motifs is 1. The van der Waals surface area contributed by atoms with Gasteiger partial charge in [-0.05, 0) is 49.6 Å². The summed E-state index contributed by atoms with van der Waals surface area (Å²) < 4.78 is 0. The number of H-pyrrole nitrogens is 1. The maximum atomic E-state index is 12.5. The van der Waals surface area contributed by atoms with Gasteiger partial charge < -0.3 is 25.8 Å². The van der Waals surface area contributed by atoms with E-state index in [1.54, 1.807) is 30.3 Å². The average Bonchev–Trinajstić information content (AvgIpc) is 3.14. The first-order valence-electron chi connectivity index (χ1n) is 10.1. The predicted octanol–water partition coefficient (Wildman–Crippen LogP) is 3.28. The molecule has 164 valence electrons. The zero-order valence-electron chi connectivity index (χ0n) is 17.4. The molecular weight excluding hydrogens is 418 g/mol. The largest absolute Gasteiger partial charge is 0.480 e. The van der Waals surface area contributed by atoms with E-state index in [9.17, 15) is 14.7 Å². The summed E-state index contributed by atoms with van der Waals surface area (Å²) >= 11 is 5.99. The van der Waals surface area contributed by atoms with E-state index in [0.717, 1.165) is 16.5 Å². The molecule has 0 radical (unpaired) electrons. The second kappa shape index (κ2) is 9.96. The maximum absolute atomic E-state index is 12.5. The summed E-state index contributed by atoms with van der Waals surface area (Å²) in [5.74, 6) is -1.53. The number of carbonyl (C=O) groups is 2. The number of carboxylic acid groups (broad SMARTS) is 1. The lowest BCUT2D eigenvalue weighted by atomic mass is 10.0. The van der Waals surface area contributed by atoms with E-state index >= 15 is 0 Å². The Kier molecular flexibility index (Phi) is 7.33. The van der Waals surface area contributed by atoms with Crippen molar-refractivity contribution in [1.29, 1.82) is 0 Å². The minimum Gasteiger partial charge on any atom is -0.480 e. The van der Waals surface area contributed by atoms with Crippen LogP contribution in [0.4, 0.5) is 0 Å². The number of aromatic nitrogens is 1. The zero-order valence-corrected chi connectivity index (χ0v) is 18.1. The Balaban J connectivity index is 1.66. The predicted molar refractivity (Wildman–Crippen MR) is 120 cm³/mol. The number of aromatic amines is 1. The van der Waals surface area contributed by atoms with E-state index in [1.165, 1.54) is 6.92 Å². The second-order valence-electron chi connectivity index (χ2n) is 7.66. The molecule has 0 spiro atoms. The highest BCUT2D eigenvalue weighted by Gasteiger charge is 2.19. The van der Waals surface area contributed by atoms with E-state index in [2.05, 4.69) is 15.6 Å². The molecule has 0 unspecified atom stereocenters. The Bertz CT molecular complexity index is 1080. The molecule has 3 rings (SSSR count). The van der Waals surface area contributed by atoms with Crippen LogP contribution in [0.2, 0.25) is 5.02 Å². The van der Waals surface area contributed by atoms with Crippen LogP contribution in [0.1, 0.15) is 41.4 Å². The Labute approximate surface area is 185 Å². The van der Waals surface area contributed by atoms with Crippen molar-refractivity contribution in [2.45, 2.75) is 38.5 Å². The fourth-order valence-electron chi connectivity index (χ4n) is 3.45. The molecule has 1 aromatic heterocycles. The van der Waals surface area contributed by atoms with Crippen LogP contribution in [0.15, 0.2) is 48.7 Å². The molecular formula is C23H26ClN3O4. The lowest BCUT2D eigenvalue weighted by Gasteiger charge is -2.17. The third-order valence-corrected chi connectivity index (χ3v) is 5.42. The third kappa shape index (κ3) is 5.64. The van der Waals surface area contributed by atoms with Crippen molar-refractivity contribution in [2.75, 3.05) is 6.54 Å². The smallest absolute Gasteiger partial charge is 0.325 e. The molecule has 2 aromatic carbocycles. The highest BCUT2D eigenvalue weighted by atomic mass is 35.5. The monoisotopic (exact) mass is 443 g/mol. The van der Waals surface area contributed by atoms with Crippen molar-refractivity contribution in [3.05, 3.63) is 70.4 Å². The van der Waals surface area contributed by atoms with E-state index in [-0.39, 0.29) is 6.04 Å². The maximum Gasteiger partial charge on any atom is 0.325 e. The fourth-order valence-corrected chi connectivity index (χ4v) is 3.65. The quantitative estimate of drug-likeness (QED) is 0.348. The third-order valence-electron chi connectivity index (χ3n) is 5.18. The number of halogens is 1. The molecule has 1 heterocycles. The Morgan fingerprint density at radius 3 is 2.61 bits per heavy atom. The fraction of sp³-hybridized carbons (Fsp3) is 0.304. The highest BCUT2D eigenvalue weighted by Crippen LogP contribution is 2.23. The van der Waals surface area contributed by atoms with Crippen molar-refractivity contribution in [1.82, 2.24) is 15.6 Å². The summed E-state index contributed by atoms with van der Waals surface area (Å²) in [4.78, 5) is 26.7. The van der Waals surface area contributed by atoms with Crippen LogP contribution in [0.25, 0.3) is 10.9 Å². The normalized spacial score (nSPS) is 14.2. The standard InChI is InChI=1S/C23H26ClN3O4/c1-13(25-12-20(28)15-5-3-6-17(24)10-15)9-16-11-26-21-18(16)7-4-8-19(21)22(29)27-14(2)23(30)31/h3-8,10-11,13-14,20,25-26,28H,9,12H2,1-2H3,(H,27,29)(H,30,31)/t13-,14+,20+/m1/s1. The number of rotatable bonds is 9. The summed E-state index contributed by atoms with van der Waals surface area (Å²) in [5, 5.41) is 26.7. The van der Waals surface area contributed by atoms with E-state index in [1.807, 2.05) is 25.3 Å². The number of carboxylic acids is 1. The Morgan fingerprint density at radius 1 is 1.16 bits per heavy atom. The van der Waals surface area contributed by atoms with Crippen molar-refractivity contribution in [2.24, 2.45) is 0 Å². The summed E-state index contributed by atoms with van der Waals surface area (Å²) in [6.45, 7) is 3.82. The minimum absolute atomic E-state index is 0.0670. The topological polar surface area (TPSA) is 114 Å². The molecule has 3 aromatic rings. The van der Waals surface area contributed by atoms with Gasteiger partial charge in [-0.25, -0.2) is 0 Å². The number of nitrogens with one attached hydrogen (secondary N) is 3. The van der Waals surface area contributed by atoms with Crippen molar-refractivity contribution in [3.63, 3.8) is 0 Å². The van der Waals surface area contributed by atoms with Crippen molar-refractivity contribution < 1.29 is 19.8 Å². The van der Waals surface area contributed by atoms with Crippen LogP contribution in [0, 0.1) is 0 Å².